The van der Waals surface area contributed by atoms with Gasteiger partial charge >= 0.3 is 0 Å². The van der Waals surface area contributed by atoms with Crippen molar-refractivity contribution in [3.63, 3.8) is 0 Å². The van der Waals surface area contributed by atoms with Crippen LogP contribution in [0.15, 0.2) is 23.2 Å². The lowest BCUT2D eigenvalue weighted by Gasteiger charge is -2.06. The monoisotopic (exact) mass is 217 g/mol. The van der Waals surface area contributed by atoms with Gasteiger partial charge in [-0.25, -0.2) is 0 Å². The van der Waals surface area contributed by atoms with Crippen molar-refractivity contribution < 1.29 is 4.74 Å². The normalized spacial score (nSPS) is 16.5. The molecule has 0 spiro atoms. The van der Waals surface area contributed by atoms with Crippen molar-refractivity contribution in [3.8, 4) is 5.75 Å². The minimum atomic E-state index is 0.961. The predicted molar refractivity (Wildman–Crippen MR) is 67.6 cm³/mol. The maximum absolute atomic E-state index is 5.38. The van der Waals surface area contributed by atoms with Crippen LogP contribution in [-0.2, 0) is 6.42 Å². The molecule has 1 aliphatic carbocycles. The van der Waals surface area contributed by atoms with Crippen molar-refractivity contribution in [3.05, 3.63) is 29.3 Å². The summed E-state index contributed by atoms with van der Waals surface area (Å²) in [6, 6.07) is 6.25. The van der Waals surface area contributed by atoms with Crippen LogP contribution in [0.5, 0.6) is 5.75 Å². The van der Waals surface area contributed by atoms with Crippen molar-refractivity contribution in [2.75, 3.05) is 13.7 Å². The van der Waals surface area contributed by atoms with E-state index < -0.39 is 0 Å². The van der Waals surface area contributed by atoms with Gasteiger partial charge in [-0.1, -0.05) is 25.5 Å². The maximum atomic E-state index is 5.38. The predicted octanol–water partition coefficient (Wildman–Crippen LogP) is 3.23. The number of fused-ring (bicyclic) bond motifs is 1. The van der Waals surface area contributed by atoms with Crippen molar-refractivity contribution in [2.45, 2.75) is 32.6 Å². The zero-order valence-electron chi connectivity index (χ0n) is 10.1. The van der Waals surface area contributed by atoms with Gasteiger partial charge in [-0.05, 0) is 25.3 Å². The molecule has 0 aromatic heterocycles. The fraction of sp³-hybridized carbons (Fsp3) is 0.500. The first kappa shape index (κ1) is 11.2. The summed E-state index contributed by atoms with van der Waals surface area (Å²) in [5.74, 6) is 1.01. The summed E-state index contributed by atoms with van der Waals surface area (Å²) in [5.41, 5.74) is 3.90. The standard InChI is InChI=1S/C14H19NO/c1-3-4-10-15-13-9-8-12-11(13)6-5-7-14(12)16-2/h5-7H,3-4,8-10H2,1-2H3. The molecule has 0 atom stereocenters. The van der Waals surface area contributed by atoms with E-state index in [4.69, 9.17) is 9.73 Å². The Morgan fingerprint density at radius 2 is 2.19 bits per heavy atom. The van der Waals surface area contributed by atoms with Crippen molar-refractivity contribution in [1.82, 2.24) is 0 Å². The summed E-state index contributed by atoms with van der Waals surface area (Å²) in [7, 11) is 1.74. The molecule has 0 aliphatic heterocycles. The molecular formula is C14H19NO. The van der Waals surface area contributed by atoms with Crippen molar-refractivity contribution in [1.29, 1.82) is 0 Å². The third-order valence-corrected chi connectivity index (χ3v) is 3.09. The smallest absolute Gasteiger partial charge is 0.122 e. The number of unbranched alkanes of at least 4 members (excludes halogenated alkanes) is 1. The molecule has 0 fully saturated rings. The van der Waals surface area contributed by atoms with Gasteiger partial charge in [-0.3, -0.25) is 4.99 Å². The molecule has 2 heteroatoms. The molecule has 1 aliphatic rings. The Morgan fingerprint density at radius 1 is 1.31 bits per heavy atom. The summed E-state index contributed by atoms with van der Waals surface area (Å²) in [4.78, 5) is 4.69. The van der Waals surface area contributed by atoms with E-state index >= 15 is 0 Å². The number of benzene rings is 1. The Kier molecular flexibility index (Phi) is 3.60. The van der Waals surface area contributed by atoms with Crippen LogP contribution in [0.2, 0.25) is 0 Å². The molecule has 0 saturated carbocycles. The number of aliphatic imine (C=N–C) groups is 1. The molecule has 0 saturated heterocycles. The molecule has 86 valence electrons. The summed E-state index contributed by atoms with van der Waals surface area (Å²) in [6.07, 6.45) is 4.54. The van der Waals surface area contributed by atoms with Crippen LogP contribution in [-0.4, -0.2) is 19.4 Å². The van der Waals surface area contributed by atoms with E-state index in [9.17, 15) is 0 Å². The summed E-state index contributed by atoms with van der Waals surface area (Å²) in [5, 5.41) is 0. The Labute approximate surface area is 97.4 Å². The Morgan fingerprint density at radius 3 is 2.94 bits per heavy atom. The fourth-order valence-corrected chi connectivity index (χ4v) is 2.20. The first-order valence-electron chi connectivity index (χ1n) is 6.06. The van der Waals surface area contributed by atoms with Crippen LogP contribution >= 0.6 is 0 Å². The van der Waals surface area contributed by atoms with E-state index in [-0.39, 0.29) is 0 Å². The second-order valence-electron chi connectivity index (χ2n) is 4.17. The molecule has 1 aromatic carbocycles. The van der Waals surface area contributed by atoms with Crippen LogP contribution < -0.4 is 4.74 Å². The molecule has 0 bridgehead atoms. The zero-order chi connectivity index (χ0) is 11.4. The van der Waals surface area contributed by atoms with Gasteiger partial charge < -0.3 is 4.74 Å². The number of ether oxygens (including phenoxy) is 1. The Balaban J connectivity index is 2.23. The quantitative estimate of drug-likeness (QED) is 0.709. The van der Waals surface area contributed by atoms with E-state index in [2.05, 4.69) is 19.1 Å². The highest BCUT2D eigenvalue weighted by Gasteiger charge is 2.20. The van der Waals surface area contributed by atoms with Gasteiger partial charge in [0.1, 0.15) is 5.75 Å². The lowest BCUT2D eigenvalue weighted by Crippen LogP contribution is -1.97. The molecule has 0 radical (unpaired) electrons. The zero-order valence-corrected chi connectivity index (χ0v) is 10.1. The van der Waals surface area contributed by atoms with Crippen molar-refractivity contribution in [2.24, 2.45) is 4.99 Å². The lowest BCUT2D eigenvalue weighted by molar-refractivity contribution is 0.410. The first-order chi connectivity index (χ1) is 7.86. The van der Waals surface area contributed by atoms with Crippen LogP contribution in [0.4, 0.5) is 0 Å². The molecule has 0 unspecified atom stereocenters. The highest BCUT2D eigenvalue weighted by atomic mass is 16.5. The first-order valence-corrected chi connectivity index (χ1v) is 6.06. The molecular weight excluding hydrogens is 198 g/mol. The molecule has 1 aromatic rings. The number of nitrogens with zero attached hydrogens (tertiary/aromatic N) is 1. The number of rotatable bonds is 4. The van der Waals surface area contributed by atoms with E-state index in [1.54, 1.807) is 7.11 Å². The van der Waals surface area contributed by atoms with Gasteiger partial charge in [0.15, 0.2) is 0 Å². The van der Waals surface area contributed by atoms with Gasteiger partial charge in [0, 0.05) is 23.4 Å². The summed E-state index contributed by atoms with van der Waals surface area (Å²) < 4.78 is 5.38. The third-order valence-electron chi connectivity index (χ3n) is 3.09. The average Bonchev–Trinajstić information content (AvgIpc) is 2.73. The van der Waals surface area contributed by atoms with Crippen LogP contribution in [0.25, 0.3) is 0 Å². The molecule has 2 nitrogen and oxygen atoms in total. The summed E-state index contributed by atoms with van der Waals surface area (Å²) >= 11 is 0. The minimum absolute atomic E-state index is 0.961. The number of hydrogen-bond acceptors (Lipinski definition) is 2. The van der Waals surface area contributed by atoms with Gasteiger partial charge in [-0.2, -0.15) is 0 Å². The molecule has 0 heterocycles. The molecule has 2 rings (SSSR count). The fourth-order valence-electron chi connectivity index (χ4n) is 2.20. The van der Waals surface area contributed by atoms with E-state index in [1.807, 2.05) is 6.07 Å². The van der Waals surface area contributed by atoms with Gasteiger partial charge in [0.05, 0.1) is 7.11 Å². The van der Waals surface area contributed by atoms with Gasteiger partial charge in [-0.15, -0.1) is 0 Å². The number of methoxy groups -OCH3 is 1. The van der Waals surface area contributed by atoms with E-state index in [0.717, 1.165) is 25.1 Å². The number of hydrogen-bond donors (Lipinski definition) is 0. The minimum Gasteiger partial charge on any atom is -0.496 e. The van der Waals surface area contributed by atoms with E-state index in [1.165, 1.54) is 29.7 Å². The lowest BCUT2D eigenvalue weighted by atomic mass is 10.1. The molecule has 16 heavy (non-hydrogen) atoms. The third kappa shape index (κ3) is 2.11. The van der Waals surface area contributed by atoms with Crippen LogP contribution in [0.1, 0.15) is 37.3 Å². The highest BCUT2D eigenvalue weighted by Crippen LogP contribution is 2.30. The largest absolute Gasteiger partial charge is 0.496 e. The molecule has 0 N–H and O–H groups in total. The van der Waals surface area contributed by atoms with Crippen molar-refractivity contribution >= 4 is 5.71 Å². The van der Waals surface area contributed by atoms with E-state index in [0.29, 0.717) is 0 Å². The molecule has 0 amide bonds. The van der Waals surface area contributed by atoms with Crippen LogP contribution in [0, 0.1) is 0 Å². The van der Waals surface area contributed by atoms with Gasteiger partial charge in [0.25, 0.3) is 0 Å². The Bertz CT molecular complexity index is 396. The van der Waals surface area contributed by atoms with Crippen LogP contribution in [0.3, 0.4) is 0 Å². The SMILES string of the molecule is CCCCN=C1CCc2c(OC)cccc21. The maximum Gasteiger partial charge on any atom is 0.122 e. The topological polar surface area (TPSA) is 21.6 Å². The second-order valence-corrected chi connectivity index (χ2v) is 4.17. The summed E-state index contributed by atoms with van der Waals surface area (Å²) in [6.45, 7) is 3.16. The second kappa shape index (κ2) is 5.15. The Hall–Kier alpha value is -1.31. The van der Waals surface area contributed by atoms with Gasteiger partial charge in [0.2, 0.25) is 0 Å². The average molecular weight is 217 g/mol. The highest BCUT2D eigenvalue weighted by molar-refractivity contribution is 6.05.